The van der Waals surface area contributed by atoms with Crippen LogP contribution in [-0.2, 0) is 11.0 Å². The lowest BCUT2D eigenvalue weighted by atomic mass is 9.79. The van der Waals surface area contributed by atoms with Gasteiger partial charge in [0.15, 0.2) is 0 Å². The van der Waals surface area contributed by atoms with Crippen molar-refractivity contribution >= 4 is 28.6 Å². The Labute approximate surface area is 235 Å². The van der Waals surface area contributed by atoms with E-state index in [1.54, 1.807) is 37.6 Å². The summed E-state index contributed by atoms with van der Waals surface area (Å²) in [5.41, 5.74) is 0.642. The van der Waals surface area contributed by atoms with Crippen LogP contribution in [0.1, 0.15) is 49.4 Å². The van der Waals surface area contributed by atoms with Crippen LogP contribution in [0.5, 0.6) is 5.75 Å². The minimum absolute atomic E-state index is 0.0382. The Morgan fingerprint density at radius 3 is 2.73 bits per heavy atom. The largest absolute Gasteiger partial charge is 0.497 e. The molecule has 0 saturated carbocycles. The summed E-state index contributed by atoms with van der Waals surface area (Å²) < 4.78 is 60.8. The van der Waals surface area contributed by atoms with Crippen molar-refractivity contribution < 1.29 is 32.2 Å². The highest BCUT2D eigenvalue weighted by atomic mass is 32.2. The van der Waals surface area contributed by atoms with Crippen LogP contribution in [0.2, 0.25) is 0 Å². The second-order valence-electron chi connectivity index (χ2n) is 10.2. The first kappa shape index (κ1) is 30.1. The zero-order valence-corrected chi connectivity index (χ0v) is 23.2. The fourth-order valence-electron chi connectivity index (χ4n) is 5.55. The number of pyridine rings is 1. The fraction of sp³-hybridized carbons (Fsp3) is 0.467. The van der Waals surface area contributed by atoms with Crippen LogP contribution < -0.4 is 4.74 Å². The number of nitrogens with zero attached hydrogens (tertiary/aromatic N) is 2. The molecular formula is C30H34F4N2O3S. The summed E-state index contributed by atoms with van der Waals surface area (Å²) >= 11 is 1.18. The Hall–Kier alpha value is -2.85. The average molecular weight is 579 g/mol. The molecule has 1 saturated heterocycles. The number of rotatable bonds is 12. The van der Waals surface area contributed by atoms with Crippen molar-refractivity contribution in [2.75, 3.05) is 32.5 Å². The van der Waals surface area contributed by atoms with E-state index in [0.29, 0.717) is 54.9 Å². The van der Waals surface area contributed by atoms with Gasteiger partial charge in [0.1, 0.15) is 11.9 Å². The number of thioether (sulfide) groups is 1. The number of methoxy groups -OCH3 is 1. The van der Waals surface area contributed by atoms with Gasteiger partial charge in [-0.2, -0.15) is 13.2 Å². The van der Waals surface area contributed by atoms with Gasteiger partial charge in [0.05, 0.1) is 18.2 Å². The second-order valence-corrected chi connectivity index (χ2v) is 11.3. The normalized spacial score (nSPS) is 19.0. The van der Waals surface area contributed by atoms with Crippen molar-refractivity contribution in [1.82, 2.24) is 9.88 Å². The zero-order valence-electron chi connectivity index (χ0n) is 22.4. The molecule has 0 bridgehead atoms. The highest BCUT2D eigenvalue weighted by Crippen LogP contribution is 2.38. The van der Waals surface area contributed by atoms with Gasteiger partial charge in [0.25, 0.3) is 0 Å². The van der Waals surface area contributed by atoms with Gasteiger partial charge in [0.2, 0.25) is 0 Å². The zero-order chi connectivity index (χ0) is 28.7. The lowest BCUT2D eigenvalue weighted by Crippen LogP contribution is -2.41. The predicted octanol–water partition coefficient (Wildman–Crippen LogP) is 7.65. The van der Waals surface area contributed by atoms with Crippen LogP contribution >= 0.6 is 11.8 Å². The third-order valence-electron chi connectivity index (χ3n) is 7.67. The van der Waals surface area contributed by atoms with Gasteiger partial charge in [-0.25, -0.2) is 4.39 Å². The molecule has 10 heteroatoms. The summed E-state index contributed by atoms with van der Waals surface area (Å²) in [7, 11) is 1.56. The van der Waals surface area contributed by atoms with E-state index < -0.39 is 23.9 Å². The monoisotopic (exact) mass is 578 g/mol. The predicted molar refractivity (Wildman–Crippen MR) is 148 cm³/mol. The van der Waals surface area contributed by atoms with Crippen molar-refractivity contribution in [2.24, 2.45) is 11.8 Å². The number of alkyl halides is 4. The molecule has 0 aliphatic carbocycles. The highest BCUT2D eigenvalue weighted by Gasteiger charge is 2.33. The highest BCUT2D eigenvalue weighted by molar-refractivity contribution is 7.99. The van der Waals surface area contributed by atoms with Crippen molar-refractivity contribution in [3.05, 3.63) is 65.9 Å². The fourth-order valence-corrected chi connectivity index (χ4v) is 6.63. The Bertz CT molecular complexity index is 1290. The first-order valence-corrected chi connectivity index (χ1v) is 14.4. The van der Waals surface area contributed by atoms with Crippen LogP contribution in [0.25, 0.3) is 10.9 Å². The molecule has 4 rings (SSSR count). The first-order chi connectivity index (χ1) is 19.2. The maximum absolute atomic E-state index is 15.6. The Kier molecular flexibility index (Phi) is 10.3. The number of aliphatic carboxylic acids is 1. The standard InChI is InChI=1S/C30H34F4N2O3S/c1-39-22-8-10-27-24(18-22)23(12-14-35-27)26(31)9-6-20-13-15-36(19-21(20)7-11-29(37)38)16-17-40-28-5-3-2-4-25(28)30(32,33)34/h2-5,8,10,12,14,18,20-21,26H,6-7,9,11,13,15-17,19H2,1H3,(H,37,38)/t20-,21-,26-/m1/s1. The topological polar surface area (TPSA) is 62.7 Å². The van der Waals surface area contributed by atoms with Gasteiger partial charge in [-0.15, -0.1) is 11.8 Å². The Morgan fingerprint density at radius 1 is 1.18 bits per heavy atom. The molecule has 1 aromatic heterocycles. The molecule has 216 valence electrons. The van der Waals surface area contributed by atoms with E-state index in [9.17, 15) is 23.1 Å². The van der Waals surface area contributed by atoms with E-state index in [-0.39, 0.29) is 23.2 Å². The van der Waals surface area contributed by atoms with Crippen LogP contribution in [0.4, 0.5) is 17.6 Å². The molecule has 0 spiro atoms. The smallest absolute Gasteiger partial charge is 0.417 e. The number of fused-ring (bicyclic) bond motifs is 1. The van der Waals surface area contributed by atoms with Gasteiger partial charge >= 0.3 is 12.1 Å². The average Bonchev–Trinajstić information content (AvgIpc) is 2.94. The number of benzene rings is 2. The molecule has 1 aliphatic rings. The van der Waals surface area contributed by atoms with Crippen molar-refractivity contribution in [1.29, 1.82) is 0 Å². The van der Waals surface area contributed by atoms with E-state index >= 15 is 4.39 Å². The summed E-state index contributed by atoms with van der Waals surface area (Å²) in [6.07, 6.45) is -1.71. The third kappa shape index (κ3) is 7.87. The van der Waals surface area contributed by atoms with Crippen molar-refractivity contribution in [3.63, 3.8) is 0 Å². The Morgan fingerprint density at radius 2 is 1.98 bits per heavy atom. The number of carboxylic acids is 1. The van der Waals surface area contributed by atoms with Crippen molar-refractivity contribution in [3.8, 4) is 5.75 Å². The molecule has 1 aliphatic heterocycles. The lowest BCUT2D eigenvalue weighted by Gasteiger charge is -2.39. The lowest BCUT2D eigenvalue weighted by molar-refractivity contribution is -0.140. The van der Waals surface area contributed by atoms with E-state index in [0.717, 1.165) is 24.4 Å². The molecule has 3 aromatic rings. The number of halogens is 4. The maximum Gasteiger partial charge on any atom is 0.417 e. The first-order valence-electron chi connectivity index (χ1n) is 13.5. The number of ether oxygens (including phenoxy) is 1. The van der Waals surface area contributed by atoms with E-state index in [1.807, 2.05) is 6.07 Å². The molecule has 0 unspecified atom stereocenters. The van der Waals surface area contributed by atoms with Gasteiger partial charge in [-0.3, -0.25) is 9.78 Å². The number of piperidine rings is 1. The molecule has 0 amide bonds. The summed E-state index contributed by atoms with van der Waals surface area (Å²) in [6.45, 7) is 2.01. The molecule has 2 heterocycles. The third-order valence-corrected chi connectivity index (χ3v) is 8.73. The molecule has 5 nitrogen and oxygen atoms in total. The number of carbonyl (C=O) groups is 1. The van der Waals surface area contributed by atoms with Gasteiger partial charge in [-0.05, 0) is 86.0 Å². The minimum Gasteiger partial charge on any atom is -0.497 e. The van der Waals surface area contributed by atoms with E-state index in [1.165, 1.54) is 23.9 Å². The summed E-state index contributed by atoms with van der Waals surface area (Å²) in [6, 6.07) is 12.7. The number of likely N-dealkylation sites (tertiary alicyclic amines) is 1. The summed E-state index contributed by atoms with van der Waals surface area (Å²) in [5, 5.41) is 10.00. The van der Waals surface area contributed by atoms with Crippen LogP contribution in [0.15, 0.2) is 59.6 Å². The van der Waals surface area contributed by atoms with Crippen molar-refractivity contribution in [2.45, 2.75) is 49.3 Å². The maximum atomic E-state index is 15.6. The summed E-state index contributed by atoms with van der Waals surface area (Å²) in [5.74, 6) is 0.522. The van der Waals surface area contributed by atoms with Crippen LogP contribution in [-0.4, -0.2) is 53.5 Å². The summed E-state index contributed by atoms with van der Waals surface area (Å²) in [4.78, 5) is 18.1. The molecule has 3 atom stereocenters. The second kappa shape index (κ2) is 13.7. The molecule has 1 N–H and O–H groups in total. The van der Waals surface area contributed by atoms with Gasteiger partial charge in [-0.1, -0.05) is 12.1 Å². The number of hydrogen-bond acceptors (Lipinski definition) is 5. The molecule has 0 radical (unpaired) electrons. The van der Waals surface area contributed by atoms with Gasteiger partial charge < -0.3 is 14.7 Å². The van der Waals surface area contributed by atoms with E-state index in [4.69, 9.17) is 4.74 Å². The number of hydrogen-bond donors (Lipinski definition) is 1. The SMILES string of the molecule is COc1ccc2nccc([C@H](F)CC[C@@H]3CCN(CCSc4ccccc4C(F)(F)F)C[C@H]3CCC(=O)O)c2c1. The quantitative estimate of drug-likeness (QED) is 0.176. The Balaban J connectivity index is 1.36. The molecule has 1 fully saturated rings. The number of aromatic nitrogens is 1. The van der Waals surface area contributed by atoms with E-state index in [2.05, 4.69) is 9.88 Å². The number of carboxylic acid groups (broad SMARTS) is 1. The molecular weight excluding hydrogens is 544 g/mol. The minimum atomic E-state index is -4.40. The molecule has 2 aromatic carbocycles. The van der Waals surface area contributed by atoms with Gasteiger partial charge in [0, 0.05) is 41.7 Å². The molecule has 40 heavy (non-hydrogen) atoms. The van der Waals surface area contributed by atoms with Crippen LogP contribution in [0, 0.1) is 11.8 Å². The van der Waals surface area contributed by atoms with Crippen LogP contribution in [0.3, 0.4) is 0 Å².